The largest absolute Gasteiger partial charge is 0.324 e. The van der Waals surface area contributed by atoms with Gasteiger partial charge in [0.1, 0.15) is 6.54 Å². The zero-order chi connectivity index (χ0) is 16.2. The van der Waals surface area contributed by atoms with Crippen molar-refractivity contribution in [2.45, 2.75) is 18.6 Å². The molecular formula is C17H16ClN3OS. The predicted molar refractivity (Wildman–Crippen MR) is 96.2 cm³/mol. The zero-order valence-electron chi connectivity index (χ0n) is 12.6. The molecule has 1 aromatic heterocycles. The Balaban J connectivity index is 1.85. The van der Waals surface area contributed by atoms with Gasteiger partial charge in [-0.05, 0) is 36.1 Å². The number of halogens is 1. The first kappa shape index (κ1) is 15.9. The number of carbonyl (C=O) groups excluding carboxylic acids is 1. The second-order valence-electron chi connectivity index (χ2n) is 4.96. The van der Waals surface area contributed by atoms with Crippen LogP contribution in [0, 0.1) is 0 Å². The van der Waals surface area contributed by atoms with Gasteiger partial charge in [0.25, 0.3) is 0 Å². The first-order valence-corrected chi connectivity index (χ1v) is 8.67. The number of hydrogen-bond donors (Lipinski definition) is 1. The number of para-hydroxylation sites is 2. The molecule has 0 saturated heterocycles. The van der Waals surface area contributed by atoms with Gasteiger partial charge in [-0.3, -0.25) is 4.79 Å². The third kappa shape index (κ3) is 3.68. The normalized spacial score (nSPS) is 10.9. The minimum Gasteiger partial charge on any atom is -0.324 e. The van der Waals surface area contributed by atoms with Crippen LogP contribution in [0.5, 0.6) is 0 Å². The third-order valence-electron chi connectivity index (χ3n) is 3.30. The van der Waals surface area contributed by atoms with Gasteiger partial charge in [0, 0.05) is 10.7 Å². The smallest absolute Gasteiger partial charge is 0.244 e. The summed E-state index contributed by atoms with van der Waals surface area (Å²) in [6.45, 7) is 2.29. The summed E-state index contributed by atoms with van der Waals surface area (Å²) in [6, 6.07) is 15.0. The molecule has 4 nitrogen and oxygen atoms in total. The summed E-state index contributed by atoms with van der Waals surface area (Å²) in [7, 11) is 0. The highest BCUT2D eigenvalue weighted by molar-refractivity contribution is 7.99. The Morgan fingerprint density at radius 2 is 2.09 bits per heavy atom. The molecule has 1 heterocycles. The van der Waals surface area contributed by atoms with E-state index in [9.17, 15) is 4.79 Å². The molecule has 0 spiro atoms. The molecule has 0 radical (unpaired) electrons. The number of hydrogen-bond acceptors (Lipinski definition) is 3. The molecule has 0 atom stereocenters. The van der Waals surface area contributed by atoms with Crippen LogP contribution in [0.1, 0.15) is 6.92 Å². The molecule has 118 valence electrons. The monoisotopic (exact) mass is 345 g/mol. The number of fused-ring (bicyclic) bond motifs is 1. The van der Waals surface area contributed by atoms with E-state index >= 15 is 0 Å². The predicted octanol–water partition coefficient (Wildman–Crippen LogP) is 4.44. The van der Waals surface area contributed by atoms with Crippen molar-refractivity contribution in [2.75, 3.05) is 11.1 Å². The summed E-state index contributed by atoms with van der Waals surface area (Å²) in [4.78, 5) is 17.0. The summed E-state index contributed by atoms with van der Waals surface area (Å²) < 4.78 is 1.95. The second kappa shape index (κ2) is 7.06. The van der Waals surface area contributed by atoms with E-state index in [1.165, 1.54) is 0 Å². The van der Waals surface area contributed by atoms with Gasteiger partial charge >= 0.3 is 0 Å². The number of carbonyl (C=O) groups is 1. The van der Waals surface area contributed by atoms with Crippen molar-refractivity contribution < 1.29 is 4.79 Å². The fourth-order valence-corrected chi connectivity index (χ4v) is 3.29. The maximum atomic E-state index is 12.4. The lowest BCUT2D eigenvalue weighted by atomic mass is 10.3. The van der Waals surface area contributed by atoms with Gasteiger partial charge in [-0.15, -0.1) is 0 Å². The minimum atomic E-state index is -0.103. The highest BCUT2D eigenvalue weighted by Gasteiger charge is 2.13. The fraction of sp³-hybridized carbons (Fsp3) is 0.176. The summed E-state index contributed by atoms with van der Waals surface area (Å²) >= 11 is 7.57. The minimum absolute atomic E-state index is 0.103. The zero-order valence-corrected chi connectivity index (χ0v) is 14.2. The van der Waals surface area contributed by atoms with Gasteiger partial charge < -0.3 is 9.88 Å². The van der Waals surface area contributed by atoms with E-state index in [1.807, 2.05) is 41.0 Å². The first-order chi connectivity index (χ1) is 11.2. The molecule has 0 fully saturated rings. The third-order valence-corrected chi connectivity index (χ3v) is 4.40. The molecule has 1 amide bonds. The number of nitrogens with one attached hydrogen (secondary N) is 1. The number of rotatable bonds is 5. The van der Waals surface area contributed by atoms with Crippen LogP contribution in [0.15, 0.2) is 53.7 Å². The van der Waals surface area contributed by atoms with Gasteiger partial charge in [0.2, 0.25) is 5.91 Å². The fourth-order valence-electron chi connectivity index (χ4n) is 2.36. The van der Waals surface area contributed by atoms with E-state index in [0.717, 1.165) is 21.9 Å². The van der Waals surface area contributed by atoms with Gasteiger partial charge in [-0.1, -0.05) is 48.5 Å². The first-order valence-electron chi connectivity index (χ1n) is 7.31. The Kier molecular flexibility index (Phi) is 4.88. The van der Waals surface area contributed by atoms with Crippen molar-refractivity contribution in [2.24, 2.45) is 0 Å². The van der Waals surface area contributed by atoms with E-state index in [0.29, 0.717) is 10.7 Å². The summed E-state index contributed by atoms with van der Waals surface area (Å²) in [5, 5.41) is 4.33. The van der Waals surface area contributed by atoms with E-state index in [-0.39, 0.29) is 12.5 Å². The maximum absolute atomic E-state index is 12.4. The Bertz CT molecular complexity index is 847. The maximum Gasteiger partial charge on any atom is 0.244 e. The van der Waals surface area contributed by atoms with Gasteiger partial charge in [0.15, 0.2) is 5.16 Å². The van der Waals surface area contributed by atoms with Crippen molar-refractivity contribution in [3.63, 3.8) is 0 Å². The molecule has 0 aliphatic carbocycles. The van der Waals surface area contributed by atoms with Crippen LogP contribution in [0.2, 0.25) is 5.02 Å². The number of nitrogens with zero attached hydrogens (tertiary/aromatic N) is 2. The molecule has 0 bridgehead atoms. The number of amides is 1. The Labute approximate surface area is 143 Å². The van der Waals surface area contributed by atoms with Crippen LogP contribution < -0.4 is 5.32 Å². The topological polar surface area (TPSA) is 46.9 Å². The SMILES string of the molecule is CCSc1nc2ccccc2n1CC(=O)Nc1cccc(Cl)c1. The van der Waals surface area contributed by atoms with Crippen molar-refractivity contribution >= 4 is 46.0 Å². The molecule has 0 unspecified atom stereocenters. The van der Waals surface area contributed by atoms with E-state index in [1.54, 1.807) is 23.9 Å². The summed E-state index contributed by atoms with van der Waals surface area (Å²) in [6.07, 6.45) is 0. The average Bonchev–Trinajstić information content (AvgIpc) is 2.85. The van der Waals surface area contributed by atoms with Gasteiger partial charge in [-0.2, -0.15) is 0 Å². The van der Waals surface area contributed by atoms with E-state index in [2.05, 4.69) is 17.2 Å². The molecule has 0 saturated carbocycles. The number of imidazole rings is 1. The molecule has 0 aliphatic rings. The molecule has 3 aromatic rings. The van der Waals surface area contributed by atoms with Gasteiger partial charge in [0.05, 0.1) is 11.0 Å². The van der Waals surface area contributed by atoms with Crippen molar-refractivity contribution in [1.29, 1.82) is 0 Å². The molecule has 3 rings (SSSR count). The van der Waals surface area contributed by atoms with Crippen LogP contribution in [0.3, 0.4) is 0 Å². The van der Waals surface area contributed by atoms with E-state index < -0.39 is 0 Å². The van der Waals surface area contributed by atoms with E-state index in [4.69, 9.17) is 11.6 Å². The summed E-state index contributed by atoms with van der Waals surface area (Å²) in [5.41, 5.74) is 2.56. The molecule has 2 aromatic carbocycles. The van der Waals surface area contributed by atoms with Crippen LogP contribution in [-0.4, -0.2) is 21.2 Å². The number of aromatic nitrogens is 2. The molecule has 6 heteroatoms. The number of thioether (sulfide) groups is 1. The Morgan fingerprint density at radius 3 is 2.87 bits per heavy atom. The molecular weight excluding hydrogens is 330 g/mol. The Hall–Kier alpha value is -1.98. The second-order valence-corrected chi connectivity index (χ2v) is 6.63. The van der Waals surface area contributed by atoms with Crippen LogP contribution in [-0.2, 0) is 11.3 Å². The molecule has 23 heavy (non-hydrogen) atoms. The molecule has 1 N–H and O–H groups in total. The van der Waals surface area contributed by atoms with Crippen molar-refractivity contribution in [1.82, 2.24) is 9.55 Å². The lowest BCUT2D eigenvalue weighted by Crippen LogP contribution is -2.19. The van der Waals surface area contributed by atoms with Gasteiger partial charge in [-0.25, -0.2) is 4.98 Å². The molecule has 0 aliphatic heterocycles. The van der Waals surface area contributed by atoms with Crippen LogP contribution in [0.4, 0.5) is 5.69 Å². The van der Waals surface area contributed by atoms with Crippen LogP contribution >= 0.6 is 23.4 Å². The lowest BCUT2D eigenvalue weighted by Gasteiger charge is -2.09. The lowest BCUT2D eigenvalue weighted by molar-refractivity contribution is -0.116. The quantitative estimate of drug-likeness (QED) is 0.695. The number of anilines is 1. The van der Waals surface area contributed by atoms with Crippen LogP contribution in [0.25, 0.3) is 11.0 Å². The van der Waals surface area contributed by atoms with Crippen molar-refractivity contribution in [3.05, 3.63) is 53.6 Å². The van der Waals surface area contributed by atoms with Crippen molar-refractivity contribution in [3.8, 4) is 0 Å². The average molecular weight is 346 g/mol. The highest BCUT2D eigenvalue weighted by Crippen LogP contribution is 2.24. The Morgan fingerprint density at radius 1 is 1.26 bits per heavy atom. The standard InChI is InChI=1S/C17H16ClN3OS/c1-2-23-17-20-14-8-3-4-9-15(14)21(17)11-16(22)19-13-7-5-6-12(18)10-13/h3-10H,2,11H2,1H3,(H,19,22). The highest BCUT2D eigenvalue weighted by atomic mass is 35.5. The summed E-state index contributed by atoms with van der Waals surface area (Å²) in [5.74, 6) is 0.799. The number of benzene rings is 2.